The molecule has 30 heavy (non-hydrogen) atoms. The summed E-state index contributed by atoms with van der Waals surface area (Å²) in [5, 5.41) is 3.69. The Morgan fingerprint density at radius 3 is 2.03 bits per heavy atom. The van der Waals surface area contributed by atoms with Gasteiger partial charge >= 0.3 is 5.97 Å². The lowest BCUT2D eigenvalue weighted by atomic mass is 9.99. The fourth-order valence-corrected chi connectivity index (χ4v) is 4.27. The topological polar surface area (TPSA) is 38.3 Å². The maximum absolute atomic E-state index is 12.5. The second kappa shape index (κ2) is 7.44. The van der Waals surface area contributed by atoms with Gasteiger partial charge in [-0.2, -0.15) is 0 Å². The van der Waals surface area contributed by atoms with Crippen LogP contribution in [0.3, 0.4) is 0 Å². The minimum atomic E-state index is -0.473. The van der Waals surface area contributed by atoms with Gasteiger partial charge in [-0.05, 0) is 118 Å². The highest BCUT2D eigenvalue weighted by Crippen LogP contribution is 2.46. The maximum Gasteiger partial charge on any atom is 0.338 e. The minimum Gasteiger partial charge on any atom is -0.456 e. The SMILES string of the molecule is CC(C)(C)OC(=O)c1ccc(NCc2cc(C3CC3)cc(C3CC3)c2)c(C2CC2)c1. The van der Waals surface area contributed by atoms with E-state index in [1.165, 1.54) is 49.7 Å². The van der Waals surface area contributed by atoms with Crippen molar-refractivity contribution < 1.29 is 9.53 Å². The molecular formula is C27H33NO2. The van der Waals surface area contributed by atoms with Gasteiger partial charge in [0.2, 0.25) is 0 Å². The lowest BCUT2D eigenvalue weighted by Crippen LogP contribution is -2.24. The molecule has 3 saturated carbocycles. The Morgan fingerprint density at radius 2 is 1.50 bits per heavy atom. The second-order valence-electron chi connectivity index (χ2n) is 10.5. The number of hydrogen-bond donors (Lipinski definition) is 1. The summed E-state index contributed by atoms with van der Waals surface area (Å²) in [6, 6.07) is 13.3. The highest BCUT2D eigenvalue weighted by atomic mass is 16.6. The van der Waals surface area contributed by atoms with Crippen molar-refractivity contribution in [3.05, 3.63) is 64.2 Å². The number of hydrogen-bond acceptors (Lipinski definition) is 3. The fraction of sp³-hybridized carbons (Fsp3) is 0.519. The third-order valence-electron chi connectivity index (χ3n) is 6.32. The molecule has 0 aliphatic heterocycles. The van der Waals surface area contributed by atoms with Crippen LogP contribution in [-0.4, -0.2) is 11.6 Å². The zero-order valence-corrected chi connectivity index (χ0v) is 18.5. The number of carbonyl (C=O) groups is 1. The van der Waals surface area contributed by atoms with E-state index in [0.29, 0.717) is 11.5 Å². The number of nitrogens with one attached hydrogen (secondary N) is 1. The first-order valence-electron chi connectivity index (χ1n) is 11.6. The zero-order chi connectivity index (χ0) is 20.9. The number of carbonyl (C=O) groups excluding carboxylic acids is 1. The van der Waals surface area contributed by atoms with Crippen LogP contribution in [0.15, 0.2) is 36.4 Å². The van der Waals surface area contributed by atoms with E-state index in [1.54, 1.807) is 11.1 Å². The van der Waals surface area contributed by atoms with Crippen molar-refractivity contribution in [1.82, 2.24) is 0 Å². The van der Waals surface area contributed by atoms with E-state index in [2.05, 4.69) is 29.6 Å². The maximum atomic E-state index is 12.5. The smallest absolute Gasteiger partial charge is 0.338 e. The molecule has 3 nitrogen and oxygen atoms in total. The largest absolute Gasteiger partial charge is 0.456 e. The molecule has 0 saturated heterocycles. The van der Waals surface area contributed by atoms with Crippen molar-refractivity contribution in [2.24, 2.45) is 0 Å². The van der Waals surface area contributed by atoms with Crippen LogP contribution < -0.4 is 5.32 Å². The lowest BCUT2D eigenvalue weighted by Gasteiger charge is -2.20. The predicted molar refractivity (Wildman–Crippen MR) is 121 cm³/mol. The van der Waals surface area contributed by atoms with Crippen LogP contribution in [0.5, 0.6) is 0 Å². The van der Waals surface area contributed by atoms with Gasteiger partial charge < -0.3 is 10.1 Å². The van der Waals surface area contributed by atoms with Crippen molar-refractivity contribution in [3.63, 3.8) is 0 Å². The van der Waals surface area contributed by atoms with Gasteiger partial charge in [-0.3, -0.25) is 0 Å². The van der Waals surface area contributed by atoms with E-state index >= 15 is 0 Å². The van der Waals surface area contributed by atoms with Gasteiger partial charge in [0.05, 0.1) is 5.56 Å². The first-order chi connectivity index (χ1) is 14.4. The van der Waals surface area contributed by atoms with Crippen LogP contribution in [0.4, 0.5) is 5.69 Å². The molecule has 0 aromatic heterocycles. The number of esters is 1. The highest BCUT2D eigenvalue weighted by Gasteiger charge is 2.30. The molecule has 1 N–H and O–H groups in total. The Bertz CT molecular complexity index is 929. The highest BCUT2D eigenvalue weighted by molar-refractivity contribution is 5.90. The van der Waals surface area contributed by atoms with Crippen molar-refractivity contribution in [2.75, 3.05) is 5.32 Å². The van der Waals surface area contributed by atoms with Crippen LogP contribution in [0, 0.1) is 0 Å². The third-order valence-corrected chi connectivity index (χ3v) is 6.32. The van der Waals surface area contributed by atoms with E-state index in [-0.39, 0.29) is 5.97 Å². The van der Waals surface area contributed by atoms with E-state index < -0.39 is 5.60 Å². The zero-order valence-electron chi connectivity index (χ0n) is 18.5. The lowest BCUT2D eigenvalue weighted by molar-refractivity contribution is 0.00694. The van der Waals surface area contributed by atoms with Crippen LogP contribution in [0.1, 0.15) is 110 Å². The van der Waals surface area contributed by atoms with Gasteiger partial charge in [0, 0.05) is 12.2 Å². The first kappa shape index (κ1) is 19.7. The number of rotatable bonds is 7. The monoisotopic (exact) mass is 403 g/mol. The Labute approximate surface area is 180 Å². The molecule has 3 aliphatic carbocycles. The Balaban J connectivity index is 1.34. The quantitative estimate of drug-likeness (QED) is 0.512. The van der Waals surface area contributed by atoms with Gasteiger partial charge in [0.25, 0.3) is 0 Å². The van der Waals surface area contributed by atoms with Gasteiger partial charge in [0.15, 0.2) is 0 Å². The van der Waals surface area contributed by atoms with Crippen LogP contribution in [-0.2, 0) is 11.3 Å². The summed E-state index contributed by atoms with van der Waals surface area (Å²) in [7, 11) is 0. The van der Waals surface area contributed by atoms with Crippen LogP contribution in [0.2, 0.25) is 0 Å². The molecule has 158 valence electrons. The van der Waals surface area contributed by atoms with E-state index in [4.69, 9.17) is 4.74 Å². The van der Waals surface area contributed by atoms with Gasteiger partial charge in [-0.1, -0.05) is 18.2 Å². The molecule has 0 spiro atoms. The molecule has 0 bridgehead atoms. The summed E-state index contributed by atoms with van der Waals surface area (Å²) in [6.07, 6.45) is 7.79. The molecule has 3 aliphatic rings. The molecular weight excluding hydrogens is 370 g/mol. The summed E-state index contributed by atoms with van der Waals surface area (Å²) in [4.78, 5) is 12.5. The Morgan fingerprint density at radius 1 is 0.900 bits per heavy atom. The molecule has 0 radical (unpaired) electrons. The summed E-state index contributed by atoms with van der Waals surface area (Å²) in [6.45, 7) is 6.57. The standard InChI is InChI=1S/C27H33NO2/c1-27(2,3)30-26(29)21-10-11-25(24(15-21)20-8-9-20)28-16-17-12-22(18-4-5-18)14-23(13-17)19-6-7-19/h10-15,18-20,28H,4-9,16H2,1-3H3. The summed E-state index contributed by atoms with van der Waals surface area (Å²) >= 11 is 0. The number of anilines is 1. The average molecular weight is 404 g/mol. The predicted octanol–water partition coefficient (Wildman–Crippen LogP) is 6.89. The molecule has 0 heterocycles. The van der Waals surface area contributed by atoms with E-state index in [9.17, 15) is 4.79 Å². The second-order valence-corrected chi connectivity index (χ2v) is 10.5. The Hall–Kier alpha value is -2.29. The number of benzene rings is 2. The molecule has 0 unspecified atom stereocenters. The third kappa shape index (κ3) is 4.71. The van der Waals surface area contributed by atoms with Crippen LogP contribution in [0.25, 0.3) is 0 Å². The van der Waals surface area contributed by atoms with Crippen molar-refractivity contribution in [1.29, 1.82) is 0 Å². The van der Waals surface area contributed by atoms with Gasteiger partial charge in [0.1, 0.15) is 5.60 Å². The number of ether oxygens (including phenoxy) is 1. The molecule has 3 heteroatoms. The first-order valence-corrected chi connectivity index (χ1v) is 11.6. The Kier molecular flexibility index (Phi) is 4.88. The van der Waals surface area contributed by atoms with Gasteiger partial charge in [-0.15, -0.1) is 0 Å². The van der Waals surface area contributed by atoms with Crippen molar-refractivity contribution in [3.8, 4) is 0 Å². The van der Waals surface area contributed by atoms with Crippen LogP contribution >= 0.6 is 0 Å². The van der Waals surface area contributed by atoms with Crippen molar-refractivity contribution >= 4 is 11.7 Å². The molecule has 2 aromatic carbocycles. The molecule has 2 aromatic rings. The molecule has 0 amide bonds. The molecule has 0 atom stereocenters. The summed E-state index contributed by atoms with van der Waals surface area (Å²) in [5.41, 5.74) is 7.08. The van der Waals surface area contributed by atoms with Crippen molar-refractivity contribution in [2.45, 2.75) is 89.2 Å². The normalized spacial score (nSPS) is 18.9. The fourth-order valence-electron chi connectivity index (χ4n) is 4.27. The summed E-state index contributed by atoms with van der Waals surface area (Å²) in [5.74, 6) is 1.91. The van der Waals surface area contributed by atoms with E-state index in [1.807, 2.05) is 32.9 Å². The summed E-state index contributed by atoms with van der Waals surface area (Å²) < 4.78 is 5.57. The van der Waals surface area contributed by atoms with E-state index in [0.717, 1.165) is 24.1 Å². The molecule has 5 rings (SSSR count). The average Bonchev–Trinajstić information content (AvgIpc) is 3.58. The molecule has 3 fully saturated rings. The minimum absolute atomic E-state index is 0.234. The van der Waals surface area contributed by atoms with Gasteiger partial charge in [-0.25, -0.2) is 4.79 Å².